The topological polar surface area (TPSA) is 75.4 Å². The van der Waals surface area contributed by atoms with Gasteiger partial charge in [0.15, 0.2) is 0 Å². The van der Waals surface area contributed by atoms with E-state index in [0.29, 0.717) is 25.4 Å². The Balaban J connectivity index is 0.00000364. The Morgan fingerprint density at radius 2 is 1.81 bits per heavy atom. The van der Waals surface area contributed by atoms with E-state index in [0.717, 1.165) is 31.2 Å². The molecule has 1 heterocycles. The van der Waals surface area contributed by atoms with Crippen LogP contribution in [0.1, 0.15) is 76.0 Å². The molecule has 1 fully saturated rings. The molecule has 27 heavy (non-hydrogen) atoms. The van der Waals surface area contributed by atoms with E-state index < -0.39 is 0 Å². The number of hydrogen-bond acceptors (Lipinski definition) is 3. The summed E-state index contributed by atoms with van der Waals surface area (Å²) in [4.78, 5) is 26.7. The first-order chi connectivity index (χ1) is 12.4. The third kappa shape index (κ3) is 6.51. The van der Waals surface area contributed by atoms with Crippen molar-refractivity contribution >= 4 is 24.2 Å². The van der Waals surface area contributed by atoms with Gasteiger partial charge in [-0.15, -0.1) is 12.4 Å². The van der Waals surface area contributed by atoms with Crippen LogP contribution < -0.4 is 11.1 Å². The fourth-order valence-corrected chi connectivity index (χ4v) is 3.43. The van der Waals surface area contributed by atoms with Gasteiger partial charge in [-0.2, -0.15) is 0 Å². The lowest BCUT2D eigenvalue weighted by Crippen LogP contribution is -2.52. The summed E-state index contributed by atoms with van der Waals surface area (Å²) in [6.07, 6.45) is 4.00. The number of rotatable bonds is 7. The summed E-state index contributed by atoms with van der Waals surface area (Å²) in [6, 6.07) is 7.65. The third-order valence-corrected chi connectivity index (χ3v) is 5.12. The smallest absolute Gasteiger partial charge is 0.242 e. The van der Waals surface area contributed by atoms with E-state index in [4.69, 9.17) is 5.73 Å². The van der Waals surface area contributed by atoms with Crippen LogP contribution >= 0.6 is 12.4 Å². The van der Waals surface area contributed by atoms with Crippen LogP contribution in [-0.4, -0.2) is 35.8 Å². The van der Waals surface area contributed by atoms with Gasteiger partial charge in [0.25, 0.3) is 0 Å². The van der Waals surface area contributed by atoms with Gasteiger partial charge >= 0.3 is 0 Å². The first-order valence-corrected chi connectivity index (χ1v) is 9.86. The minimum Gasteiger partial charge on any atom is -0.352 e. The molecule has 0 spiro atoms. The maximum absolute atomic E-state index is 12.6. The Kier molecular flexibility index (Phi) is 9.81. The predicted molar refractivity (Wildman–Crippen MR) is 112 cm³/mol. The standard InChI is InChI=1S/C21H33N3O2.ClH/c1-4-7-20(25)24-13-6-5-8-19(24)21(26)23-14-18(22)17-11-9-16(10-12-17)15(2)3;/h9-12,15,18-19H,4-8,13-14,22H2,1-3H3,(H,23,26);1H. The molecule has 0 radical (unpaired) electrons. The van der Waals surface area contributed by atoms with Crippen LogP contribution in [0.5, 0.6) is 0 Å². The second-order valence-corrected chi connectivity index (χ2v) is 7.52. The lowest BCUT2D eigenvalue weighted by Gasteiger charge is -2.35. The first kappa shape index (κ1) is 23.4. The van der Waals surface area contributed by atoms with Crippen molar-refractivity contribution in [2.75, 3.05) is 13.1 Å². The molecule has 1 saturated heterocycles. The zero-order chi connectivity index (χ0) is 19.1. The molecule has 1 aliphatic rings. The quantitative estimate of drug-likeness (QED) is 0.741. The number of nitrogens with two attached hydrogens (primary N) is 1. The molecule has 6 heteroatoms. The summed E-state index contributed by atoms with van der Waals surface area (Å²) < 4.78 is 0. The van der Waals surface area contributed by atoms with Crippen molar-refractivity contribution in [3.8, 4) is 0 Å². The van der Waals surface area contributed by atoms with Gasteiger partial charge < -0.3 is 16.0 Å². The predicted octanol–water partition coefficient (Wildman–Crippen LogP) is 3.53. The van der Waals surface area contributed by atoms with E-state index >= 15 is 0 Å². The lowest BCUT2D eigenvalue weighted by atomic mass is 9.98. The molecule has 152 valence electrons. The highest BCUT2D eigenvalue weighted by Gasteiger charge is 2.31. The van der Waals surface area contributed by atoms with Crippen molar-refractivity contribution in [2.24, 2.45) is 5.73 Å². The van der Waals surface area contributed by atoms with Gasteiger partial charge in [-0.1, -0.05) is 45.0 Å². The number of nitrogens with one attached hydrogen (secondary N) is 1. The van der Waals surface area contributed by atoms with E-state index in [1.807, 2.05) is 19.1 Å². The van der Waals surface area contributed by atoms with Gasteiger partial charge in [0.05, 0.1) is 0 Å². The summed E-state index contributed by atoms with van der Waals surface area (Å²) in [7, 11) is 0. The van der Waals surface area contributed by atoms with Crippen molar-refractivity contribution in [3.63, 3.8) is 0 Å². The van der Waals surface area contributed by atoms with Crippen molar-refractivity contribution in [2.45, 2.75) is 70.9 Å². The highest BCUT2D eigenvalue weighted by atomic mass is 35.5. The number of hydrogen-bond donors (Lipinski definition) is 2. The SMILES string of the molecule is CCCC(=O)N1CCCCC1C(=O)NCC(N)c1ccc(C(C)C)cc1.Cl. The van der Waals surface area contributed by atoms with Crippen molar-refractivity contribution in [1.29, 1.82) is 0 Å². The van der Waals surface area contributed by atoms with Crippen molar-refractivity contribution < 1.29 is 9.59 Å². The molecule has 0 saturated carbocycles. The number of likely N-dealkylation sites (tertiary alicyclic amines) is 1. The maximum atomic E-state index is 12.6. The number of benzene rings is 1. The number of amides is 2. The second-order valence-electron chi connectivity index (χ2n) is 7.52. The minimum atomic E-state index is -0.349. The molecule has 2 atom stereocenters. The Labute approximate surface area is 169 Å². The normalized spacial score (nSPS) is 18.0. The van der Waals surface area contributed by atoms with Gasteiger partial charge in [-0.25, -0.2) is 0 Å². The van der Waals surface area contributed by atoms with E-state index in [-0.39, 0.29) is 36.3 Å². The molecule has 0 aliphatic carbocycles. The average Bonchev–Trinajstić information content (AvgIpc) is 2.66. The summed E-state index contributed by atoms with van der Waals surface area (Å²) in [5.41, 5.74) is 8.53. The highest BCUT2D eigenvalue weighted by molar-refractivity contribution is 5.87. The van der Waals surface area contributed by atoms with Crippen LogP contribution in [0.25, 0.3) is 0 Å². The van der Waals surface area contributed by atoms with Gasteiger partial charge in [-0.3, -0.25) is 9.59 Å². The van der Waals surface area contributed by atoms with Gasteiger partial charge in [0.1, 0.15) is 6.04 Å². The lowest BCUT2D eigenvalue weighted by molar-refractivity contribution is -0.142. The van der Waals surface area contributed by atoms with Crippen LogP contribution in [0, 0.1) is 0 Å². The second kappa shape index (κ2) is 11.3. The molecule has 0 aromatic heterocycles. The summed E-state index contributed by atoms with van der Waals surface area (Å²) >= 11 is 0. The largest absolute Gasteiger partial charge is 0.352 e. The van der Waals surface area contributed by atoms with Crippen molar-refractivity contribution in [1.82, 2.24) is 10.2 Å². The molecular formula is C21H34ClN3O2. The number of piperidine rings is 1. The first-order valence-electron chi connectivity index (χ1n) is 9.86. The van der Waals surface area contributed by atoms with Crippen LogP contribution in [0.2, 0.25) is 0 Å². The fraction of sp³-hybridized carbons (Fsp3) is 0.619. The van der Waals surface area contributed by atoms with Crippen LogP contribution in [0.3, 0.4) is 0 Å². The minimum absolute atomic E-state index is 0. The number of nitrogens with zero attached hydrogens (tertiary/aromatic N) is 1. The summed E-state index contributed by atoms with van der Waals surface area (Å²) in [5, 5.41) is 2.96. The van der Waals surface area contributed by atoms with Crippen LogP contribution in [-0.2, 0) is 9.59 Å². The van der Waals surface area contributed by atoms with Gasteiger partial charge in [-0.05, 0) is 42.7 Å². The molecule has 3 N–H and O–H groups in total. The zero-order valence-corrected chi connectivity index (χ0v) is 17.6. The molecule has 2 unspecified atom stereocenters. The maximum Gasteiger partial charge on any atom is 0.242 e. The Hall–Kier alpha value is -1.59. The highest BCUT2D eigenvalue weighted by Crippen LogP contribution is 2.20. The van der Waals surface area contributed by atoms with Gasteiger partial charge in [0.2, 0.25) is 11.8 Å². The van der Waals surface area contributed by atoms with Gasteiger partial charge in [0, 0.05) is 25.6 Å². The molecule has 2 amide bonds. The summed E-state index contributed by atoms with van der Waals surface area (Å²) in [5.74, 6) is 0.488. The number of halogens is 1. The Bertz CT molecular complexity index is 604. The molecule has 2 rings (SSSR count). The molecular weight excluding hydrogens is 362 g/mol. The molecule has 1 aromatic carbocycles. The third-order valence-electron chi connectivity index (χ3n) is 5.12. The molecule has 1 aromatic rings. The fourth-order valence-electron chi connectivity index (χ4n) is 3.43. The number of carbonyl (C=O) groups excluding carboxylic acids is 2. The monoisotopic (exact) mass is 395 g/mol. The van der Waals surface area contributed by atoms with E-state index in [1.165, 1.54) is 5.56 Å². The Morgan fingerprint density at radius 3 is 2.41 bits per heavy atom. The summed E-state index contributed by atoms with van der Waals surface area (Å²) in [6.45, 7) is 7.36. The molecule has 1 aliphatic heterocycles. The van der Waals surface area contributed by atoms with Crippen LogP contribution in [0.15, 0.2) is 24.3 Å². The average molecular weight is 396 g/mol. The van der Waals surface area contributed by atoms with Crippen LogP contribution in [0.4, 0.5) is 0 Å². The molecule has 0 bridgehead atoms. The zero-order valence-electron chi connectivity index (χ0n) is 16.7. The van der Waals surface area contributed by atoms with E-state index in [2.05, 4.69) is 31.3 Å². The molecule has 5 nitrogen and oxygen atoms in total. The van der Waals surface area contributed by atoms with Crippen molar-refractivity contribution in [3.05, 3.63) is 35.4 Å². The Morgan fingerprint density at radius 1 is 1.19 bits per heavy atom. The number of carbonyl (C=O) groups is 2. The van der Waals surface area contributed by atoms with E-state index in [1.54, 1.807) is 4.90 Å². The van der Waals surface area contributed by atoms with E-state index in [9.17, 15) is 9.59 Å².